The molecule has 77 heavy (non-hydrogen) atoms. The molecule has 1 heterocycles. The minimum absolute atomic E-state index is 0.0337. The molecule has 0 radical (unpaired) electrons. The number of para-hydroxylation sites is 2. The molecule has 0 unspecified atom stereocenters. The summed E-state index contributed by atoms with van der Waals surface area (Å²) in [6, 6.07) is 14.8. The van der Waals surface area contributed by atoms with Crippen molar-refractivity contribution >= 4 is 110 Å². The largest absolute Gasteiger partial charge is 0.588 e. The Kier molecular flexibility index (Phi) is 31.1. The van der Waals surface area contributed by atoms with Gasteiger partial charge in [-0.25, -0.2) is 14.2 Å². The lowest BCUT2D eigenvalue weighted by molar-refractivity contribution is -0.269. The van der Waals surface area contributed by atoms with E-state index >= 15 is 4.57 Å². The zero-order valence-corrected chi connectivity index (χ0v) is 51.9. The van der Waals surface area contributed by atoms with Crippen LogP contribution < -0.4 is 14.4 Å². The summed E-state index contributed by atoms with van der Waals surface area (Å²) in [5, 5.41) is 2.62. The number of halogens is 6. The van der Waals surface area contributed by atoms with Crippen LogP contribution in [-0.2, 0) is 51.8 Å². The van der Waals surface area contributed by atoms with Gasteiger partial charge in [0, 0.05) is 21.1 Å². The molecule has 2 aromatic carbocycles. The monoisotopic (exact) mass is 1240 g/mol. The molecule has 1 aliphatic heterocycles. The lowest BCUT2D eigenvalue weighted by Crippen LogP contribution is -2.66. The van der Waals surface area contributed by atoms with E-state index in [1.54, 1.807) is 36.4 Å². The summed E-state index contributed by atoms with van der Waals surface area (Å²) in [7, 11) is -6.83. The summed E-state index contributed by atoms with van der Waals surface area (Å²) in [5.74, 6) is -1.33. The van der Waals surface area contributed by atoms with Gasteiger partial charge in [0.15, 0.2) is 18.0 Å². The Morgan fingerprint density at radius 3 is 1.77 bits per heavy atom. The highest BCUT2D eigenvalue weighted by molar-refractivity contribution is 7.49. The molecule has 1 fully saturated rings. The highest BCUT2D eigenvalue weighted by Gasteiger charge is 2.55. The Hall–Kier alpha value is -2.41. The van der Waals surface area contributed by atoms with Crippen molar-refractivity contribution in [3.8, 4) is 11.5 Å². The van der Waals surface area contributed by atoms with Gasteiger partial charge in [0.25, 0.3) is 0 Å². The van der Waals surface area contributed by atoms with Crippen LogP contribution in [0.15, 0.2) is 60.7 Å². The van der Waals surface area contributed by atoms with Crippen LogP contribution in [-0.4, -0.2) is 102 Å². The maximum atomic E-state index is 15.4. The number of rotatable bonds is 35. The predicted molar refractivity (Wildman–Crippen MR) is 304 cm³/mol. The standard InChI is InChI=1S/C53H80Cl6NO15PSi/c1-8-10-12-14-15-16-17-19-22-32-41(69-43(61)33-27-18-13-11-9-2)36-44(62)71-47-45(60-49(63)68-38-52(54,55)56)48(66-34-35-77(5,6)7)70-42(37-67-50(64)72-51(3,4)53(57,58)59)46(47)75-76(65,73-39-28-23-20-24-29-39)74-40-30-25-21-26-31-40/h20-21,23-26,28-31,41-42,45-48H,8-19,22,27,32-38H2,1-7H3,(H,60,63)/t41-,42-,45-,46-,47-,48-/m1/s1. The van der Waals surface area contributed by atoms with E-state index in [1.807, 2.05) is 0 Å². The Morgan fingerprint density at radius 1 is 0.714 bits per heavy atom. The first-order valence-electron chi connectivity index (χ1n) is 26.6. The number of amides is 1. The maximum Gasteiger partial charge on any atom is 0.588 e. The summed E-state index contributed by atoms with van der Waals surface area (Å²) < 4.78 is 71.2. The van der Waals surface area contributed by atoms with E-state index < -0.39 is 110 Å². The lowest BCUT2D eigenvalue weighted by atomic mass is 9.96. The molecule has 0 spiro atoms. The van der Waals surface area contributed by atoms with Gasteiger partial charge in [0.2, 0.25) is 7.59 Å². The third kappa shape index (κ3) is 28.7. The minimum Gasteiger partial charge on any atom is -0.462 e. The van der Waals surface area contributed by atoms with E-state index in [4.69, 9.17) is 116 Å². The van der Waals surface area contributed by atoms with Gasteiger partial charge < -0.3 is 47.5 Å². The Morgan fingerprint density at radius 2 is 1.25 bits per heavy atom. The summed E-state index contributed by atoms with van der Waals surface area (Å²) in [4.78, 5) is 55.4. The molecular weight excluding hydrogens is 1160 g/mol. The van der Waals surface area contributed by atoms with Crippen molar-refractivity contribution < 1.29 is 70.5 Å². The molecule has 24 heteroatoms. The molecule has 2 aromatic rings. The Balaban J connectivity index is 2.20. The molecule has 0 aromatic heterocycles. The number of nitrogens with one attached hydrogen (secondary N) is 1. The van der Waals surface area contributed by atoms with Crippen molar-refractivity contribution in [1.82, 2.24) is 5.32 Å². The fourth-order valence-corrected chi connectivity index (χ4v) is 10.1. The Labute approximate surface area is 487 Å². The van der Waals surface area contributed by atoms with Crippen LogP contribution >= 0.6 is 77.4 Å². The van der Waals surface area contributed by atoms with Crippen LogP contribution in [0.2, 0.25) is 25.7 Å². The number of alkyl carbamates (subject to hydrolysis) is 1. The van der Waals surface area contributed by atoms with Crippen molar-refractivity contribution in [2.75, 3.05) is 19.8 Å². The number of alkyl halides is 6. The van der Waals surface area contributed by atoms with E-state index in [0.717, 1.165) is 64.2 Å². The lowest BCUT2D eigenvalue weighted by Gasteiger charge is -2.45. The van der Waals surface area contributed by atoms with E-state index in [1.165, 1.54) is 51.0 Å². The van der Waals surface area contributed by atoms with Gasteiger partial charge in [-0.2, -0.15) is 0 Å². The molecule has 6 atom stereocenters. The second kappa shape index (κ2) is 34.8. The van der Waals surface area contributed by atoms with Crippen molar-refractivity contribution in [2.45, 2.75) is 212 Å². The maximum absolute atomic E-state index is 15.4. The SMILES string of the molecule is CCCCCCCCCCC[C@H](CC(=O)O[C@@H]1[C@@H](NC(=O)OCC(Cl)(Cl)Cl)[C@H](OCC[Si](C)(C)C)O[C@H](COC(=O)OC(C)(C)C(Cl)(Cl)Cl)[C@H]1OP(=O)(Oc1ccccc1)Oc1ccccc1)OC(=O)CCCCCCC. The molecule has 3 rings (SSSR count). The highest BCUT2D eigenvalue weighted by Crippen LogP contribution is 2.53. The van der Waals surface area contributed by atoms with Gasteiger partial charge in [-0.3, -0.25) is 14.1 Å². The van der Waals surface area contributed by atoms with Crippen LogP contribution in [0.25, 0.3) is 0 Å². The number of hydrogen-bond donors (Lipinski definition) is 1. The van der Waals surface area contributed by atoms with Gasteiger partial charge in [0.05, 0.1) is 6.42 Å². The van der Waals surface area contributed by atoms with Crippen molar-refractivity contribution in [3.05, 3.63) is 60.7 Å². The molecule has 16 nitrogen and oxygen atoms in total. The first-order chi connectivity index (χ1) is 36.2. The quantitative estimate of drug-likeness (QED) is 0.0171. The van der Waals surface area contributed by atoms with Crippen LogP contribution in [0.5, 0.6) is 11.5 Å². The average Bonchev–Trinajstić information content (AvgIpc) is 3.33. The second-order valence-electron chi connectivity index (χ2n) is 20.6. The molecule has 1 N–H and O–H groups in total. The van der Waals surface area contributed by atoms with Crippen molar-refractivity contribution in [1.29, 1.82) is 0 Å². The third-order valence-electron chi connectivity index (χ3n) is 12.1. The number of phosphoric ester groups is 1. The molecule has 0 aliphatic carbocycles. The molecular formula is C53H80Cl6NO15PSi. The number of benzene rings is 2. The van der Waals surface area contributed by atoms with Gasteiger partial charge in [0.1, 0.15) is 49.1 Å². The molecule has 1 aliphatic rings. The Bertz CT molecular complexity index is 2040. The highest BCUT2D eigenvalue weighted by atomic mass is 35.6. The van der Waals surface area contributed by atoms with Crippen molar-refractivity contribution in [3.63, 3.8) is 0 Å². The minimum atomic E-state index is -5.00. The molecule has 1 amide bonds. The van der Waals surface area contributed by atoms with Gasteiger partial charge in [-0.15, -0.1) is 0 Å². The van der Waals surface area contributed by atoms with E-state index in [-0.39, 0.29) is 24.5 Å². The summed E-state index contributed by atoms with van der Waals surface area (Å²) in [5.41, 5.74) is -1.73. The third-order valence-corrected chi connectivity index (χ3v) is 16.8. The zero-order chi connectivity index (χ0) is 57.1. The molecule has 438 valence electrons. The van der Waals surface area contributed by atoms with E-state index in [9.17, 15) is 19.2 Å². The van der Waals surface area contributed by atoms with E-state index in [2.05, 4.69) is 38.8 Å². The number of unbranched alkanes of at least 4 members (excludes halogenated alkanes) is 12. The second-order valence-corrected chi connectivity index (χ2v) is 32.5. The van der Waals surface area contributed by atoms with E-state index in [0.29, 0.717) is 25.3 Å². The fourth-order valence-electron chi connectivity index (χ4n) is 7.67. The predicted octanol–water partition coefficient (Wildman–Crippen LogP) is 16.0. The summed E-state index contributed by atoms with van der Waals surface area (Å²) in [6.07, 6.45) is 3.63. The van der Waals surface area contributed by atoms with Gasteiger partial charge in [-0.05, 0) is 63.4 Å². The number of hydrogen-bond acceptors (Lipinski definition) is 15. The average molecular weight is 1240 g/mol. The molecule has 0 bridgehead atoms. The number of carbonyl (C=O) groups is 4. The summed E-state index contributed by atoms with van der Waals surface area (Å²) >= 11 is 36.3. The van der Waals surface area contributed by atoms with Gasteiger partial charge >= 0.3 is 32.0 Å². The first-order valence-corrected chi connectivity index (χ1v) is 34.0. The number of esters is 2. The summed E-state index contributed by atoms with van der Waals surface area (Å²) in [6.45, 7) is 11.8. The number of ether oxygens (including phenoxy) is 7. The zero-order valence-electron chi connectivity index (χ0n) is 45.4. The van der Waals surface area contributed by atoms with Gasteiger partial charge in [-0.1, -0.05) is 217 Å². The van der Waals surface area contributed by atoms with Crippen LogP contribution in [0.3, 0.4) is 0 Å². The van der Waals surface area contributed by atoms with Crippen LogP contribution in [0, 0.1) is 0 Å². The number of carbonyl (C=O) groups excluding carboxylic acids is 4. The normalized spacial score (nSPS) is 18.6. The number of phosphoric acid groups is 1. The fraction of sp³-hybridized carbons (Fsp3) is 0.698. The molecule has 1 saturated heterocycles. The van der Waals surface area contributed by atoms with Crippen LogP contribution in [0.1, 0.15) is 137 Å². The molecule has 0 saturated carbocycles. The smallest absolute Gasteiger partial charge is 0.462 e. The topological polar surface area (TPSA) is 190 Å². The van der Waals surface area contributed by atoms with Crippen LogP contribution in [0.4, 0.5) is 9.59 Å². The van der Waals surface area contributed by atoms with Crippen molar-refractivity contribution in [2.24, 2.45) is 0 Å². The first kappa shape index (κ1) is 68.9.